The SMILES string of the molecule is CC(C)(C)OC(=O)NCC(Br)c1ccccc1. The van der Waals surface area contributed by atoms with Gasteiger partial charge < -0.3 is 10.1 Å². The Kier molecular flexibility index (Phi) is 5.00. The second-order valence-corrected chi connectivity index (χ2v) is 5.87. The minimum Gasteiger partial charge on any atom is -0.444 e. The van der Waals surface area contributed by atoms with Gasteiger partial charge in [-0.25, -0.2) is 4.79 Å². The van der Waals surface area contributed by atoms with Gasteiger partial charge in [0.1, 0.15) is 5.60 Å². The van der Waals surface area contributed by atoms with Crippen LogP contribution < -0.4 is 5.32 Å². The fraction of sp³-hybridized carbons (Fsp3) is 0.462. The molecule has 1 amide bonds. The molecule has 0 bridgehead atoms. The monoisotopic (exact) mass is 299 g/mol. The highest BCUT2D eigenvalue weighted by atomic mass is 79.9. The summed E-state index contributed by atoms with van der Waals surface area (Å²) in [6.07, 6.45) is -0.391. The second kappa shape index (κ2) is 6.05. The molecular formula is C13H18BrNO2. The lowest BCUT2D eigenvalue weighted by Gasteiger charge is -2.20. The Morgan fingerprint density at radius 3 is 2.47 bits per heavy atom. The fourth-order valence-corrected chi connectivity index (χ4v) is 1.73. The number of carbonyl (C=O) groups is 1. The van der Waals surface area contributed by atoms with Crippen LogP contribution in [0.4, 0.5) is 4.79 Å². The highest BCUT2D eigenvalue weighted by Crippen LogP contribution is 2.21. The highest BCUT2D eigenvalue weighted by Gasteiger charge is 2.16. The lowest BCUT2D eigenvalue weighted by atomic mass is 10.1. The number of hydrogen-bond donors (Lipinski definition) is 1. The van der Waals surface area contributed by atoms with E-state index in [2.05, 4.69) is 21.2 Å². The molecule has 0 spiro atoms. The zero-order valence-electron chi connectivity index (χ0n) is 10.4. The van der Waals surface area contributed by atoms with E-state index in [1.807, 2.05) is 51.1 Å². The van der Waals surface area contributed by atoms with Crippen LogP contribution in [0.1, 0.15) is 31.2 Å². The van der Waals surface area contributed by atoms with Crippen LogP contribution in [-0.4, -0.2) is 18.2 Å². The number of amides is 1. The van der Waals surface area contributed by atoms with Gasteiger partial charge in [0, 0.05) is 6.54 Å². The molecule has 3 nitrogen and oxygen atoms in total. The lowest BCUT2D eigenvalue weighted by molar-refractivity contribution is 0.0528. The van der Waals surface area contributed by atoms with Gasteiger partial charge in [0.2, 0.25) is 0 Å². The van der Waals surface area contributed by atoms with Gasteiger partial charge in [-0.05, 0) is 26.3 Å². The van der Waals surface area contributed by atoms with Gasteiger partial charge in [0.05, 0.1) is 4.83 Å². The van der Waals surface area contributed by atoms with Gasteiger partial charge in [-0.2, -0.15) is 0 Å². The maximum atomic E-state index is 11.4. The van der Waals surface area contributed by atoms with E-state index in [0.717, 1.165) is 5.56 Å². The summed E-state index contributed by atoms with van der Waals surface area (Å²) in [5, 5.41) is 2.73. The van der Waals surface area contributed by atoms with Crippen molar-refractivity contribution in [2.45, 2.75) is 31.2 Å². The second-order valence-electron chi connectivity index (χ2n) is 4.76. The summed E-state index contributed by atoms with van der Waals surface area (Å²) in [6, 6.07) is 9.92. The van der Waals surface area contributed by atoms with Crippen LogP contribution in [0, 0.1) is 0 Å². The van der Waals surface area contributed by atoms with Gasteiger partial charge in [0.25, 0.3) is 0 Å². The van der Waals surface area contributed by atoms with Crippen LogP contribution in [0.25, 0.3) is 0 Å². The minimum absolute atomic E-state index is 0.0937. The Balaban J connectivity index is 2.39. The van der Waals surface area contributed by atoms with Gasteiger partial charge in [-0.1, -0.05) is 46.3 Å². The van der Waals surface area contributed by atoms with Gasteiger partial charge >= 0.3 is 6.09 Å². The smallest absolute Gasteiger partial charge is 0.407 e. The third-order valence-corrected chi connectivity index (χ3v) is 2.84. The summed E-state index contributed by atoms with van der Waals surface area (Å²) in [5.74, 6) is 0. The van der Waals surface area contributed by atoms with E-state index in [9.17, 15) is 4.79 Å². The van der Waals surface area contributed by atoms with E-state index < -0.39 is 11.7 Å². The maximum absolute atomic E-state index is 11.4. The van der Waals surface area contributed by atoms with Crippen molar-refractivity contribution < 1.29 is 9.53 Å². The molecule has 0 saturated carbocycles. The Bertz CT molecular complexity index is 359. The molecule has 0 fully saturated rings. The van der Waals surface area contributed by atoms with Crippen molar-refractivity contribution in [1.29, 1.82) is 0 Å². The molecule has 0 radical (unpaired) electrons. The first-order chi connectivity index (χ1) is 7.88. The average molecular weight is 300 g/mol. The molecule has 1 aromatic carbocycles. The molecule has 4 heteroatoms. The summed E-state index contributed by atoms with van der Waals surface area (Å²) < 4.78 is 5.15. The third-order valence-electron chi connectivity index (χ3n) is 1.99. The zero-order valence-corrected chi connectivity index (χ0v) is 12.0. The molecule has 0 aliphatic heterocycles. The van der Waals surface area contributed by atoms with Crippen LogP contribution in [0.3, 0.4) is 0 Å². The van der Waals surface area contributed by atoms with Crippen molar-refractivity contribution >= 4 is 22.0 Å². The average Bonchev–Trinajstić information content (AvgIpc) is 2.25. The van der Waals surface area contributed by atoms with Gasteiger partial charge in [-0.3, -0.25) is 0 Å². The summed E-state index contributed by atoms with van der Waals surface area (Å²) in [6.45, 7) is 6.03. The van der Waals surface area contributed by atoms with E-state index in [0.29, 0.717) is 6.54 Å². The Morgan fingerprint density at radius 2 is 1.94 bits per heavy atom. The first kappa shape index (κ1) is 14.0. The third kappa shape index (κ3) is 5.73. The number of alkyl halides is 1. The van der Waals surface area contributed by atoms with E-state index >= 15 is 0 Å². The molecule has 0 saturated heterocycles. The van der Waals surface area contributed by atoms with Crippen LogP contribution in [0.5, 0.6) is 0 Å². The summed E-state index contributed by atoms with van der Waals surface area (Å²) in [5.41, 5.74) is 0.669. The number of rotatable bonds is 3. The molecule has 0 heterocycles. The van der Waals surface area contributed by atoms with E-state index in [1.165, 1.54) is 0 Å². The topological polar surface area (TPSA) is 38.3 Å². The molecule has 0 aliphatic rings. The van der Waals surface area contributed by atoms with Crippen LogP contribution >= 0.6 is 15.9 Å². The van der Waals surface area contributed by atoms with Crippen LogP contribution in [-0.2, 0) is 4.74 Å². The first-order valence-corrected chi connectivity index (χ1v) is 6.46. The molecule has 94 valence electrons. The Hall–Kier alpha value is -1.03. The number of alkyl carbamates (subject to hydrolysis) is 1. The van der Waals surface area contributed by atoms with Crippen molar-refractivity contribution in [1.82, 2.24) is 5.32 Å². The fourth-order valence-electron chi connectivity index (χ4n) is 1.27. The van der Waals surface area contributed by atoms with Crippen molar-refractivity contribution in [3.05, 3.63) is 35.9 Å². The van der Waals surface area contributed by atoms with Crippen molar-refractivity contribution in [2.75, 3.05) is 6.54 Å². The van der Waals surface area contributed by atoms with E-state index in [4.69, 9.17) is 4.74 Å². The zero-order chi connectivity index (χ0) is 12.9. The number of halogens is 1. The summed E-state index contributed by atoms with van der Waals surface area (Å²) in [4.78, 5) is 11.5. The number of carbonyl (C=O) groups excluding carboxylic acids is 1. The molecule has 17 heavy (non-hydrogen) atoms. The Morgan fingerprint density at radius 1 is 1.35 bits per heavy atom. The predicted molar refractivity (Wildman–Crippen MR) is 72.3 cm³/mol. The predicted octanol–water partition coefficient (Wildman–Crippen LogP) is 3.65. The van der Waals surface area contributed by atoms with Crippen molar-refractivity contribution in [3.63, 3.8) is 0 Å². The number of benzene rings is 1. The van der Waals surface area contributed by atoms with Crippen LogP contribution in [0.2, 0.25) is 0 Å². The number of nitrogens with one attached hydrogen (secondary N) is 1. The van der Waals surface area contributed by atoms with E-state index in [1.54, 1.807) is 0 Å². The first-order valence-electron chi connectivity index (χ1n) is 5.54. The van der Waals surface area contributed by atoms with Crippen molar-refractivity contribution in [2.24, 2.45) is 0 Å². The van der Waals surface area contributed by atoms with Crippen molar-refractivity contribution in [3.8, 4) is 0 Å². The summed E-state index contributed by atoms with van der Waals surface area (Å²) >= 11 is 3.52. The summed E-state index contributed by atoms with van der Waals surface area (Å²) in [7, 11) is 0. The largest absolute Gasteiger partial charge is 0.444 e. The van der Waals surface area contributed by atoms with E-state index in [-0.39, 0.29) is 4.83 Å². The normalized spacial score (nSPS) is 12.9. The lowest BCUT2D eigenvalue weighted by Crippen LogP contribution is -2.34. The van der Waals surface area contributed by atoms with Crippen LogP contribution in [0.15, 0.2) is 30.3 Å². The Labute approximate surface area is 111 Å². The number of hydrogen-bond acceptors (Lipinski definition) is 2. The molecule has 0 aliphatic carbocycles. The molecule has 1 rings (SSSR count). The highest BCUT2D eigenvalue weighted by molar-refractivity contribution is 9.09. The molecule has 1 unspecified atom stereocenters. The molecule has 1 atom stereocenters. The molecule has 0 aromatic heterocycles. The maximum Gasteiger partial charge on any atom is 0.407 e. The molecular weight excluding hydrogens is 282 g/mol. The quantitative estimate of drug-likeness (QED) is 0.865. The minimum atomic E-state index is -0.460. The van der Waals surface area contributed by atoms with Gasteiger partial charge in [-0.15, -0.1) is 0 Å². The molecule has 1 N–H and O–H groups in total. The van der Waals surface area contributed by atoms with Gasteiger partial charge in [0.15, 0.2) is 0 Å². The molecule has 1 aromatic rings. The standard InChI is InChI=1S/C13H18BrNO2/c1-13(2,3)17-12(16)15-9-11(14)10-7-5-4-6-8-10/h4-8,11H,9H2,1-3H3,(H,15,16). The number of ether oxygens (including phenoxy) is 1.